The van der Waals surface area contributed by atoms with E-state index < -0.39 is 0 Å². The molecule has 108 valence electrons. The second-order valence-corrected chi connectivity index (χ2v) is 5.32. The summed E-state index contributed by atoms with van der Waals surface area (Å²) in [5.41, 5.74) is 0.689. The van der Waals surface area contributed by atoms with Gasteiger partial charge in [-0.1, -0.05) is 0 Å². The van der Waals surface area contributed by atoms with E-state index >= 15 is 0 Å². The molecule has 3 rings (SSSR count). The molecular formula is C14H20N4O2. The molecule has 2 fully saturated rings. The number of hydrogen-bond acceptors (Lipinski definition) is 4. The highest BCUT2D eigenvalue weighted by Gasteiger charge is 2.32. The summed E-state index contributed by atoms with van der Waals surface area (Å²) in [6.45, 7) is 3.40. The summed E-state index contributed by atoms with van der Waals surface area (Å²) in [6.07, 6.45) is 5.87. The molecule has 2 aliphatic rings. The molecule has 1 aromatic rings. The van der Waals surface area contributed by atoms with Crippen LogP contribution in [0.4, 0.5) is 10.5 Å². The number of carbonyl (C=O) groups excluding carboxylic acids is 1. The zero-order valence-corrected chi connectivity index (χ0v) is 11.4. The van der Waals surface area contributed by atoms with Gasteiger partial charge in [0.15, 0.2) is 0 Å². The Morgan fingerprint density at radius 2 is 2.50 bits per heavy atom. The van der Waals surface area contributed by atoms with Crippen LogP contribution in [0.1, 0.15) is 12.8 Å². The number of urea groups is 1. The zero-order valence-electron chi connectivity index (χ0n) is 11.4. The average molecular weight is 276 g/mol. The molecular weight excluding hydrogens is 256 g/mol. The topological polar surface area (TPSA) is 66.5 Å². The fourth-order valence-electron chi connectivity index (χ4n) is 2.83. The van der Waals surface area contributed by atoms with Gasteiger partial charge in [0, 0.05) is 25.3 Å². The van der Waals surface area contributed by atoms with Crippen molar-refractivity contribution in [2.75, 3.05) is 31.6 Å². The van der Waals surface area contributed by atoms with Crippen molar-refractivity contribution < 1.29 is 9.53 Å². The molecule has 6 heteroatoms. The van der Waals surface area contributed by atoms with Crippen LogP contribution in [0.3, 0.4) is 0 Å². The predicted molar refractivity (Wildman–Crippen MR) is 75.6 cm³/mol. The van der Waals surface area contributed by atoms with Crippen LogP contribution in [0, 0.1) is 0 Å². The van der Waals surface area contributed by atoms with Crippen molar-refractivity contribution in [3.8, 4) is 0 Å². The number of nitrogens with zero attached hydrogens (tertiary/aromatic N) is 2. The lowest BCUT2D eigenvalue weighted by molar-refractivity contribution is -0.0456. The van der Waals surface area contributed by atoms with Gasteiger partial charge in [0.25, 0.3) is 0 Å². The SMILES string of the molecule is O=C(NC[C@@H]1CN2CCC[C@H]2CO1)Nc1cccnc1. The van der Waals surface area contributed by atoms with Gasteiger partial charge in [-0.05, 0) is 31.5 Å². The highest BCUT2D eigenvalue weighted by molar-refractivity contribution is 5.88. The number of rotatable bonds is 3. The van der Waals surface area contributed by atoms with E-state index in [0.29, 0.717) is 18.3 Å². The van der Waals surface area contributed by atoms with Gasteiger partial charge < -0.3 is 15.4 Å². The number of anilines is 1. The largest absolute Gasteiger partial charge is 0.373 e. The third-order valence-electron chi connectivity index (χ3n) is 3.87. The molecule has 0 spiro atoms. The Bertz CT molecular complexity index is 454. The number of morpholine rings is 1. The van der Waals surface area contributed by atoms with Crippen molar-refractivity contribution >= 4 is 11.7 Å². The summed E-state index contributed by atoms with van der Waals surface area (Å²) >= 11 is 0. The Morgan fingerprint density at radius 1 is 1.55 bits per heavy atom. The van der Waals surface area contributed by atoms with E-state index in [1.54, 1.807) is 24.5 Å². The van der Waals surface area contributed by atoms with E-state index in [2.05, 4.69) is 20.5 Å². The van der Waals surface area contributed by atoms with Gasteiger partial charge in [-0.25, -0.2) is 4.79 Å². The molecule has 0 aliphatic carbocycles. The third-order valence-corrected chi connectivity index (χ3v) is 3.87. The first kappa shape index (κ1) is 13.3. The number of carbonyl (C=O) groups is 1. The smallest absolute Gasteiger partial charge is 0.319 e. The van der Waals surface area contributed by atoms with Crippen molar-refractivity contribution in [1.82, 2.24) is 15.2 Å². The maximum atomic E-state index is 11.8. The van der Waals surface area contributed by atoms with Crippen LogP contribution in [-0.2, 0) is 4.74 Å². The average Bonchev–Trinajstić information content (AvgIpc) is 2.93. The molecule has 2 aliphatic heterocycles. The molecule has 6 nitrogen and oxygen atoms in total. The standard InChI is InChI=1S/C14H20N4O2/c19-14(17-11-3-1-5-15-7-11)16-8-13-9-18-6-2-4-12(18)10-20-13/h1,3,5,7,12-13H,2,4,6,8-10H2,(H2,16,17,19)/t12-,13+/m0/s1. The van der Waals surface area contributed by atoms with E-state index in [-0.39, 0.29) is 12.1 Å². The minimum atomic E-state index is -0.217. The van der Waals surface area contributed by atoms with Gasteiger partial charge in [0.1, 0.15) is 0 Å². The Labute approximate surface area is 118 Å². The minimum Gasteiger partial charge on any atom is -0.373 e. The van der Waals surface area contributed by atoms with E-state index in [9.17, 15) is 4.79 Å². The van der Waals surface area contributed by atoms with Gasteiger partial charge in [0.2, 0.25) is 0 Å². The first-order valence-electron chi connectivity index (χ1n) is 7.12. The fraction of sp³-hybridized carbons (Fsp3) is 0.571. The quantitative estimate of drug-likeness (QED) is 0.866. The van der Waals surface area contributed by atoms with Gasteiger partial charge >= 0.3 is 6.03 Å². The molecule has 0 unspecified atom stereocenters. The Hall–Kier alpha value is -1.66. The van der Waals surface area contributed by atoms with Gasteiger partial charge in [-0.3, -0.25) is 9.88 Å². The summed E-state index contributed by atoms with van der Waals surface area (Å²) in [5, 5.41) is 5.60. The molecule has 2 N–H and O–H groups in total. The summed E-state index contributed by atoms with van der Waals surface area (Å²) in [6, 6.07) is 3.96. The maximum absolute atomic E-state index is 11.8. The highest BCUT2D eigenvalue weighted by atomic mass is 16.5. The normalized spacial score (nSPS) is 26.0. The lowest BCUT2D eigenvalue weighted by Gasteiger charge is -2.35. The van der Waals surface area contributed by atoms with E-state index in [1.165, 1.54) is 12.8 Å². The Kier molecular flexibility index (Phi) is 4.13. The predicted octanol–water partition coefficient (Wildman–Crippen LogP) is 1.07. The third kappa shape index (κ3) is 3.26. The van der Waals surface area contributed by atoms with Gasteiger partial charge in [-0.2, -0.15) is 0 Å². The first-order valence-corrected chi connectivity index (χ1v) is 7.12. The molecule has 1 aromatic heterocycles. The molecule has 2 saturated heterocycles. The molecule has 0 radical (unpaired) electrons. The van der Waals surface area contributed by atoms with Gasteiger partial charge in [-0.15, -0.1) is 0 Å². The Balaban J connectivity index is 1.42. The lowest BCUT2D eigenvalue weighted by Crippen LogP contribution is -2.50. The number of amides is 2. The highest BCUT2D eigenvalue weighted by Crippen LogP contribution is 2.22. The summed E-state index contributed by atoms with van der Waals surface area (Å²) in [5.74, 6) is 0. The van der Waals surface area contributed by atoms with Crippen molar-refractivity contribution in [2.24, 2.45) is 0 Å². The van der Waals surface area contributed by atoms with Crippen LogP contribution in [0.25, 0.3) is 0 Å². The second kappa shape index (κ2) is 6.19. The number of nitrogens with one attached hydrogen (secondary N) is 2. The van der Waals surface area contributed by atoms with Crippen molar-refractivity contribution in [1.29, 1.82) is 0 Å². The maximum Gasteiger partial charge on any atom is 0.319 e. The zero-order chi connectivity index (χ0) is 13.8. The number of fused-ring (bicyclic) bond motifs is 1. The van der Waals surface area contributed by atoms with E-state index in [1.807, 2.05) is 0 Å². The summed E-state index contributed by atoms with van der Waals surface area (Å²) in [4.78, 5) is 18.2. The second-order valence-electron chi connectivity index (χ2n) is 5.32. The van der Waals surface area contributed by atoms with E-state index in [4.69, 9.17) is 4.74 Å². The van der Waals surface area contributed by atoms with Crippen LogP contribution >= 0.6 is 0 Å². The van der Waals surface area contributed by atoms with Crippen LogP contribution in [0.15, 0.2) is 24.5 Å². The summed E-state index contributed by atoms with van der Waals surface area (Å²) in [7, 11) is 0. The van der Waals surface area contributed by atoms with E-state index in [0.717, 1.165) is 19.7 Å². The molecule has 0 saturated carbocycles. The summed E-state index contributed by atoms with van der Waals surface area (Å²) < 4.78 is 5.80. The van der Waals surface area contributed by atoms with Crippen molar-refractivity contribution in [3.05, 3.63) is 24.5 Å². The molecule has 2 amide bonds. The molecule has 2 atom stereocenters. The number of aromatic nitrogens is 1. The number of pyridine rings is 1. The molecule has 3 heterocycles. The van der Waals surface area contributed by atoms with Crippen molar-refractivity contribution in [2.45, 2.75) is 25.0 Å². The molecule has 0 aromatic carbocycles. The van der Waals surface area contributed by atoms with Crippen LogP contribution in [-0.4, -0.2) is 54.3 Å². The lowest BCUT2D eigenvalue weighted by atomic mass is 10.2. The van der Waals surface area contributed by atoms with Crippen LogP contribution in [0.2, 0.25) is 0 Å². The monoisotopic (exact) mass is 276 g/mol. The number of ether oxygens (including phenoxy) is 1. The Morgan fingerprint density at radius 3 is 3.35 bits per heavy atom. The molecule has 20 heavy (non-hydrogen) atoms. The van der Waals surface area contributed by atoms with Crippen LogP contribution < -0.4 is 10.6 Å². The van der Waals surface area contributed by atoms with Crippen LogP contribution in [0.5, 0.6) is 0 Å². The van der Waals surface area contributed by atoms with Gasteiger partial charge in [0.05, 0.1) is 24.6 Å². The van der Waals surface area contributed by atoms with Crippen molar-refractivity contribution in [3.63, 3.8) is 0 Å². The first-order chi connectivity index (χ1) is 9.81. The minimum absolute atomic E-state index is 0.0870. The number of hydrogen-bond donors (Lipinski definition) is 2. The molecule has 0 bridgehead atoms. The fourth-order valence-corrected chi connectivity index (χ4v) is 2.83.